The van der Waals surface area contributed by atoms with Gasteiger partial charge in [-0.15, -0.1) is 12.4 Å². The van der Waals surface area contributed by atoms with Crippen LogP contribution in [-0.2, 0) is 6.42 Å². The third kappa shape index (κ3) is 5.81. The third-order valence-electron chi connectivity index (χ3n) is 2.68. The van der Waals surface area contributed by atoms with E-state index in [4.69, 9.17) is 0 Å². The fraction of sp³-hybridized carbons (Fsp3) is 0.538. The molecule has 0 atom stereocenters. The van der Waals surface area contributed by atoms with Gasteiger partial charge in [0.15, 0.2) is 0 Å². The first kappa shape index (κ1) is 14.5. The summed E-state index contributed by atoms with van der Waals surface area (Å²) >= 11 is 0. The maximum absolute atomic E-state index is 2.48. The van der Waals surface area contributed by atoms with Crippen molar-refractivity contribution in [1.82, 2.24) is 4.90 Å². The fourth-order valence-corrected chi connectivity index (χ4v) is 1.69. The highest BCUT2D eigenvalue weighted by Gasteiger charge is 1.98. The Morgan fingerprint density at radius 2 is 1.60 bits per heavy atom. The van der Waals surface area contributed by atoms with Gasteiger partial charge in [0.05, 0.1) is 0 Å². The zero-order valence-electron chi connectivity index (χ0n) is 9.78. The lowest BCUT2D eigenvalue weighted by molar-refractivity contribution is 0.300. The van der Waals surface area contributed by atoms with Gasteiger partial charge in [-0.05, 0) is 38.0 Å². The van der Waals surface area contributed by atoms with E-state index in [0.717, 1.165) is 0 Å². The minimum absolute atomic E-state index is 0. The van der Waals surface area contributed by atoms with E-state index in [2.05, 4.69) is 49.1 Å². The summed E-state index contributed by atoms with van der Waals surface area (Å²) < 4.78 is 0. The van der Waals surface area contributed by atoms with Gasteiger partial charge >= 0.3 is 0 Å². The molecule has 1 nitrogen and oxygen atoms in total. The first-order valence-electron chi connectivity index (χ1n) is 5.63. The highest BCUT2D eigenvalue weighted by molar-refractivity contribution is 5.85. The van der Waals surface area contributed by atoms with Crippen LogP contribution in [0.1, 0.15) is 25.8 Å². The summed E-state index contributed by atoms with van der Waals surface area (Å²) in [5, 5.41) is 0. The van der Waals surface area contributed by atoms with Gasteiger partial charge in [-0.2, -0.15) is 0 Å². The molecule has 0 N–H and O–H groups in total. The molecule has 86 valence electrons. The molecule has 0 amide bonds. The topological polar surface area (TPSA) is 3.24 Å². The molecule has 0 aliphatic rings. The Balaban J connectivity index is 0.00000196. The van der Waals surface area contributed by atoms with Crippen LogP contribution in [0.3, 0.4) is 0 Å². The average Bonchev–Trinajstić information content (AvgIpc) is 2.26. The molecule has 0 aromatic heterocycles. The van der Waals surface area contributed by atoms with Crippen molar-refractivity contribution in [2.24, 2.45) is 0 Å². The summed E-state index contributed by atoms with van der Waals surface area (Å²) in [6.45, 7) is 8.02. The number of rotatable bonds is 6. The third-order valence-corrected chi connectivity index (χ3v) is 2.68. The molecule has 1 rings (SSSR count). The Morgan fingerprint density at radius 1 is 1.00 bits per heavy atom. The molecular formula is C13H22ClN. The molecular weight excluding hydrogens is 206 g/mol. The maximum Gasteiger partial charge on any atom is -0.00158 e. The molecule has 0 saturated carbocycles. The second-order valence-electron chi connectivity index (χ2n) is 3.62. The molecule has 0 aliphatic heterocycles. The Labute approximate surface area is 99.9 Å². The Morgan fingerprint density at radius 3 is 2.13 bits per heavy atom. The highest BCUT2D eigenvalue weighted by atomic mass is 35.5. The first-order valence-corrected chi connectivity index (χ1v) is 5.63. The van der Waals surface area contributed by atoms with Crippen LogP contribution in [0, 0.1) is 0 Å². The number of halogens is 1. The van der Waals surface area contributed by atoms with E-state index in [9.17, 15) is 0 Å². The monoisotopic (exact) mass is 227 g/mol. The summed E-state index contributed by atoms with van der Waals surface area (Å²) in [6, 6.07) is 10.7. The summed E-state index contributed by atoms with van der Waals surface area (Å²) in [4.78, 5) is 2.48. The minimum Gasteiger partial charge on any atom is -0.304 e. The lowest BCUT2D eigenvalue weighted by Crippen LogP contribution is -2.24. The van der Waals surface area contributed by atoms with Gasteiger partial charge in [0.1, 0.15) is 0 Å². The number of hydrogen-bond acceptors (Lipinski definition) is 1. The van der Waals surface area contributed by atoms with Crippen molar-refractivity contribution in [3.63, 3.8) is 0 Å². The van der Waals surface area contributed by atoms with Crippen molar-refractivity contribution in [1.29, 1.82) is 0 Å². The molecule has 0 bridgehead atoms. The van der Waals surface area contributed by atoms with Crippen LogP contribution in [-0.4, -0.2) is 24.5 Å². The largest absolute Gasteiger partial charge is 0.304 e. The Hall–Kier alpha value is -0.530. The van der Waals surface area contributed by atoms with Gasteiger partial charge in [-0.3, -0.25) is 0 Å². The van der Waals surface area contributed by atoms with Gasteiger partial charge in [0.2, 0.25) is 0 Å². The number of hydrogen-bond donors (Lipinski definition) is 0. The summed E-state index contributed by atoms with van der Waals surface area (Å²) in [5.74, 6) is 0. The van der Waals surface area contributed by atoms with Crippen molar-refractivity contribution < 1.29 is 0 Å². The van der Waals surface area contributed by atoms with Gasteiger partial charge in [-0.25, -0.2) is 0 Å². The molecule has 0 spiro atoms. The van der Waals surface area contributed by atoms with Crippen LogP contribution in [0.15, 0.2) is 30.3 Å². The molecule has 0 fully saturated rings. The standard InChI is InChI=1S/C13H21N.ClH/c1-3-14(4-2)12-8-11-13-9-6-5-7-10-13;/h5-7,9-10H,3-4,8,11-12H2,1-2H3;1H. The van der Waals surface area contributed by atoms with Crippen LogP contribution >= 0.6 is 12.4 Å². The van der Waals surface area contributed by atoms with Crippen molar-refractivity contribution in [2.75, 3.05) is 19.6 Å². The van der Waals surface area contributed by atoms with Gasteiger partial charge in [-0.1, -0.05) is 44.2 Å². The van der Waals surface area contributed by atoms with Crippen molar-refractivity contribution in [2.45, 2.75) is 26.7 Å². The lowest BCUT2D eigenvalue weighted by atomic mass is 10.1. The first-order chi connectivity index (χ1) is 6.86. The van der Waals surface area contributed by atoms with Crippen LogP contribution in [0.2, 0.25) is 0 Å². The molecule has 2 heteroatoms. The molecule has 0 heterocycles. The van der Waals surface area contributed by atoms with Crippen LogP contribution in [0.5, 0.6) is 0 Å². The quantitative estimate of drug-likeness (QED) is 0.720. The normalized spacial score (nSPS) is 10.1. The summed E-state index contributed by atoms with van der Waals surface area (Å²) in [6.07, 6.45) is 2.48. The van der Waals surface area contributed by atoms with Crippen LogP contribution < -0.4 is 0 Å². The summed E-state index contributed by atoms with van der Waals surface area (Å²) in [7, 11) is 0. The molecule has 0 radical (unpaired) electrons. The lowest BCUT2D eigenvalue weighted by Gasteiger charge is -2.17. The zero-order valence-corrected chi connectivity index (χ0v) is 10.6. The van der Waals surface area contributed by atoms with Crippen LogP contribution in [0.25, 0.3) is 0 Å². The molecule has 0 unspecified atom stereocenters. The number of benzene rings is 1. The number of aryl methyl sites for hydroxylation is 1. The molecule has 0 saturated heterocycles. The SMILES string of the molecule is CCN(CC)CCCc1ccccc1.Cl. The maximum atomic E-state index is 2.48. The van der Waals surface area contributed by atoms with Gasteiger partial charge in [0.25, 0.3) is 0 Å². The molecule has 15 heavy (non-hydrogen) atoms. The summed E-state index contributed by atoms with van der Waals surface area (Å²) in [5.41, 5.74) is 1.46. The minimum atomic E-state index is 0. The predicted octanol–water partition coefficient (Wildman–Crippen LogP) is 3.38. The Kier molecular flexibility index (Phi) is 8.44. The fourth-order valence-electron chi connectivity index (χ4n) is 1.69. The molecule has 1 aromatic rings. The van der Waals surface area contributed by atoms with Crippen molar-refractivity contribution in [3.05, 3.63) is 35.9 Å². The smallest absolute Gasteiger partial charge is 0.00158 e. The van der Waals surface area contributed by atoms with Gasteiger partial charge in [0, 0.05) is 0 Å². The molecule has 0 aliphatic carbocycles. The van der Waals surface area contributed by atoms with Crippen molar-refractivity contribution in [3.8, 4) is 0 Å². The van der Waals surface area contributed by atoms with E-state index < -0.39 is 0 Å². The predicted molar refractivity (Wildman–Crippen MR) is 69.8 cm³/mol. The Bertz CT molecular complexity index is 232. The highest BCUT2D eigenvalue weighted by Crippen LogP contribution is 2.03. The second kappa shape index (κ2) is 8.75. The second-order valence-corrected chi connectivity index (χ2v) is 3.62. The van der Waals surface area contributed by atoms with E-state index in [1.54, 1.807) is 0 Å². The van der Waals surface area contributed by atoms with Gasteiger partial charge < -0.3 is 4.90 Å². The van der Waals surface area contributed by atoms with E-state index in [1.807, 2.05) is 0 Å². The number of nitrogens with zero attached hydrogens (tertiary/aromatic N) is 1. The van der Waals surface area contributed by atoms with E-state index in [1.165, 1.54) is 38.0 Å². The molecule has 1 aromatic carbocycles. The van der Waals surface area contributed by atoms with E-state index in [-0.39, 0.29) is 12.4 Å². The van der Waals surface area contributed by atoms with Crippen molar-refractivity contribution >= 4 is 12.4 Å². The van der Waals surface area contributed by atoms with E-state index in [0.29, 0.717) is 0 Å². The van der Waals surface area contributed by atoms with E-state index >= 15 is 0 Å². The average molecular weight is 228 g/mol. The van der Waals surface area contributed by atoms with Crippen LogP contribution in [0.4, 0.5) is 0 Å². The zero-order chi connectivity index (χ0) is 10.2.